The smallest absolute Gasteiger partial charge is 0.125 e. The van der Waals surface area contributed by atoms with Crippen molar-refractivity contribution >= 4 is 11.8 Å². The zero-order chi connectivity index (χ0) is 6.62. The summed E-state index contributed by atoms with van der Waals surface area (Å²) >= 11 is 1.99. The average Bonchev–Trinajstić information content (AvgIpc) is 1.59. The third-order valence-electron chi connectivity index (χ3n) is 0.683. The molecule has 0 N–H and O–H groups in total. The first-order valence-electron chi connectivity index (χ1n) is 2.94. The maximum Gasteiger partial charge on any atom is 0.125 e. The molecule has 0 aliphatic heterocycles. The number of thioether (sulfide) groups is 1. The first-order chi connectivity index (χ1) is 3.56. The van der Waals surface area contributed by atoms with Crippen molar-refractivity contribution in [2.45, 2.75) is 6.92 Å². The third-order valence-corrected chi connectivity index (χ3v) is 2.05. The summed E-state index contributed by atoms with van der Waals surface area (Å²) in [6.07, 6.45) is 0. The Hall–Kier alpha value is 0.310. The highest BCUT2D eigenvalue weighted by Gasteiger charge is 2.03. The number of hydrogen-bond acceptors (Lipinski definition) is 1. The fourth-order valence-electron chi connectivity index (χ4n) is 0.365. The van der Waals surface area contributed by atoms with Gasteiger partial charge in [0.2, 0.25) is 0 Å². The van der Waals surface area contributed by atoms with Crippen LogP contribution in [0.3, 0.4) is 0 Å². The van der Waals surface area contributed by atoms with Gasteiger partial charge in [0.15, 0.2) is 0 Å². The van der Waals surface area contributed by atoms with Crippen LogP contribution in [0.4, 0.5) is 0 Å². The van der Waals surface area contributed by atoms with Crippen LogP contribution in [0.1, 0.15) is 6.92 Å². The molecule has 0 aromatic heterocycles. The van der Waals surface area contributed by atoms with Gasteiger partial charge in [0, 0.05) is 0 Å². The van der Waals surface area contributed by atoms with Crippen LogP contribution in [0, 0.1) is 0 Å². The highest BCUT2D eigenvalue weighted by atomic mass is 32.2. The van der Waals surface area contributed by atoms with E-state index in [0.717, 1.165) is 4.48 Å². The average molecular weight is 134 g/mol. The fourth-order valence-corrected chi connectivity index (χ4v) is 1.10. The molecule has 0 aliphatic carbocycles. The van der Waals surface area contributed by atoms with Crippen molar-refractivity contribution in [2.24, 2.45) is 0 Å². The summed E-state index contributed by atoms with van der Waals surface area (Å²) < 4.78 is 1.07. The summed E-state index contributed by atoms with van der Waals surface area (Å²) in [5.41, 5.74) is 0. The van der Waals surface area contributed by atoms with Crippen molar-refractivity contribution in [3.63, 3.8) is 0 Å². The Morgan fingerprint density at radius 2 is 1.75 bits per heavy atom. The molecule has 0 heterocycles. The molecule has 0 spiro atoms. The highest BCUT2D eigenvalue weighted by Crippen LogP contribution is 2.03. The molecule has 2 heteroatoms. The summed E-state index contributed by atoms with van der Waals surface area (Å²) in [7, 11) is 6.63. The first kappa shape index (κ1) is 8.31. The van der Waals surface area contributed by atoms with Gasteiger partial charge in [-0.3, -0.25) is 0 Å². The molecule has 0 atom stereocenters. The van der Waals surface area contributed by atoms with Crippen molar-refractivity contribution in [1.29, 1.82) is 0 Å². The zero-order valence-electron chi connectivity index (χ0n) is 6.27. The van der Waals surface area contributed by atoms with Crippen LogP contribution in [-0.2, 0) is 0 Å². The second-order valence-electron chi connectivity index (χ2n) is 2.91. The van der Waals surface area contributed by atoms with Gasteiger partial charge < -0.3 is 4.48 Å². The second kappa shape index (κ2) is 3.36. The van der Waals surface area contributed by atoms with E-state index in [1.807, 2.05) is 11.8 Å². The summed E-state index contributed by atoms with van der Waals surface area (Å²) in [4.78, 5) is 0. The minimum atomic E-state index is 1.07. The topological polar surface area (TPSA) is 0 Å². The molecule has 0 radical (unpaired) electrons. The normalized spacial score (nSPS) is 12.0. The van der Waals surface area contributed by atoms with Gasteiger partial charge in [-0.2, -0.15) is 0 Å². The second-order valence-corrected chi connectivity index (χ2v) is 4.16. The molecule has 0 amide bonds. The predicted octanol–water partition coefficient (Wildman–Crippen LogP) is 1.40. The van der Waals surface area contributed by atoms with Crippen LogP contribution in [0.5, 0.6) is 0 Å². The SMILES string of the molecule is CCSC[N+](C)(C)C. The lowest BCUT2D eigenvalue weighted by Gasteiger charge is -2.22. The molecular formula is C6H16NS+. The fraction of sp³-hybridized carbons (Fsp3) is 1.00. The van der Waals surface area contributed by atoms with Crippen molar-refractivity contribution in [3.8, 4) is 0 Å². The Morgan fingerprint density at radius 1 is 1.25 bits per heavy atom. The number of rotatable bonds is 3. The van der Waals surface area contributed by atoms with Crippen LogP contribution >= 0.6 is 11.8 Å². The van der Waals surface area contributed by atoms with E-state index >= 15 is 0 Å². The van der Waals surface area contributed by atoms with Gasteiger partial charge in [-0.25, -0.2) is 0 Å². The molecule has 0 fully saturated rings. The molecule has 0 aliphatic rings. The van der Waals surface area contributed by atoms with E-state index < -0.39 is 0 Å². The summed E-state index contributed by atoms with van der Waals surface area (Å²) in [5, 5.41) is 0. The van der Waals surface area contributed by atoms with Gasteiger partial charge in [0.05, 0.1) is 21.1 Å². The molecule has 50 valence electrons. The molecular weight excluding hydrogens is 118 g/mol. The number of nitrogens with zero attached hydrogens (tertiary/aromatic N) is 1. The Labute approximate surface area is 56.7 Å². The van der Waals surface area contributed by atoms with Crippen molar-refractivity contribution in [1.82, 2.24) is 0 Å². The van der Waals surface area contributed by atoms with Gasteiger partial charge in [0.1, 0.15) is 5.88 Å². The van der Waals surface area contributed by atoms with E-state index in [9.17, 15) is 0 Å². The molecule has 8 heavy (non-hydrogen) atoms. The van der Waals surface area contributed by atoms with Gasteiger partial charge in [0.25, 0.3) is 0 Å². The molecule has 0 saturated carbocycles. The molecule has 0 aromatic rings. The van der Waals surface area contributed by atoms with Crippen molar-refractivity contribution < 1.29 is 4.48 Å². The largest absolute Gasteiger partial charge is 0.322 e. The lowest BCUT2D eigenvalue weighted by atomic mass is 10.8. The molecule has 1 nitrogen and oxygen atoms in total. The Kier molecular flexibility index (Phi) is 3.49. The maximum absolute atomic E-state index is 2.21. The lowest BCUT2D eigenvalue weighted by Crippen LogP contribution is -2.33. The summed E-state index contributed by atoms with van der Waals surface area (Å²) in [6.45, 7) is 2.19. The Bertz CT molecular complexity index is 56.0. The molecule has 0 aromatic carbocycles. The van der Waals surface area contributed by atoms with E-state index in [-0.39, 0.29) is 0 Å². The van der Waals surface area contributed by atoms with Crippen molar-refractivity contribution in [3.05, 3.63) is 0 Å². The minimum absolute atomic E-state index is 1.07. The van der Waals surface area contributed by atoms with E-state index in [2.05, 4.69) is 28.1 Å². The predicted molar refractivity (Wildman–Crippen MR) is 41.0 cm³/mol. The Morgan fingerprint density at radius 3 is 1.88 bits per heavy atom. The van der Waals surface area contributed by atoms with E-state index in [1.165, 1.54) is 11.6 Å². The maximum atomic E-state index is 2.21. The summed E-state index contributed by atoms with van der Waals surface area (Å²) in [6, 6.07) is 0. The first-order valence-corrected chi connectivity index (χ1v) is 4.10. The zero-order valence-corrected chi connectivity index (χ0v) is 7.09. The third kappa shape index (κ3) is 6.31. The van der Waals surface area contributed by atoms with Gasteiger partial charge >= 0.3 is 0 Å². The van der Waals surface area contributed by atoms with Gasteiger partial charge in [-0.15, -0.1) is 11.8 Å². The highest BCUT2D eigenvalue weighted by molar-refractivity contribution is 7.99. The molecule has 0 bridgehead atoms. The van der Waals surface area contributed by atoms with Crippen LogP contribution in [0.15, 0.2) is 0 Å². The molecule has 0 unspecified atom stereocenters. The number of hydrogen-bond donors (Lipinski definition) is 0. The van der Waals surface area contributed by atoms with Gasteiger partial charge in [-0.05, 0) is 5.75 Å². The van der Waals surface area contributed by atoms with E-state index in [0.29, 0.717) is 0 Å². The lowest BCUT2D eigenvalue weighted by molar-refractivity contribution is -0.857. The van der Waals surface area contributed by atoms with E-state index in [1.54, 1.807) is 0 Å². The van der Waals surface area contributed by atoms with Crippen LogP contribution < -0.4 is 0 Å². The van der Waals surface area contributed by atoms with Crippen molar-refractivity contribution in [2.75, 3.05) is 32.8 Å². The van der Waals surface area contributed by atoms with Crippen LogP contribution in [0.2, 0.25) is 0 Å². The van der Waals surface area contributed by atoms with Gasteiger partial charge in [-0.1, -0.05) is 6.92 Å². The molecule has 0 rings (SSSR count). The van der Waals surface area contributed by atoms with Crippen LogP contribution in [0.25, 0.3) is 0 Å². The quantitative estimate of drug-likeness (QED) is 0.415. The van der Waals surface area contributed by atoms with E-state index in [4.69, 9.17) is 0 Å². The number of quaternary nitrogens is 1. The summed E-state index contributed by atoms with van der Waals surface area (Å²) in [5.74, 6) is 2.45. The van der Waals surface area contributed by atoms with Crippen LogP contribution in [-0.4, -0.2) is 37.3 Å². The monoisotopic (exact) mass is 134 g/mol. The minimum Gasteiger partial charge on any atom is -0.322 e. The Balaban J connectivity index is 3.11. The standard InChI is InChI=1S/C6H16NS/c1-5-8-6-7(2,3)4/h5-6H2,1-4H3/q+1. The molecule has 0 saturated heterocycles.